The standard InChI is InChI=1S/C16H23FN4S.C6H6.BrH/c1-11(2)20-5-7-21(8-6-20)15(18)10-16-19-13-4-3-12(17)9-14(13)22-16;1-2-4-6-5-3-1;/h3-4,9,11,15H,5-8,10,18H2,1-2H3;1-6H;1H. The topological polar surface area (TPSA) is 45.4 Å². The molecule has 0 amide bonds. The predicted molar refractivity (Wildman–Crippen MR) is 126 cm³/mol. The van der Waals surface area contributed by atoms with Crippen LogP contribution in [0.15, 0.2) is 54.6 Å². The number of rotatable bonds is 4. The number of nitrogens with two attached hydrogens (primary N) is 1. The lowest BCUT2D eigenvalue weighted by atomic mass is 10.2. The van der Waals surface area contributed by atoms with Crippen LogP contribution in [0.5, 0.6) is 0 Å². The average Bonchev–Trinajstić information content (AvgIpc) is 3.11. The smallest absolute Gasteiger partial charge is 0.124 e. The number of hydrogen-bond acceptors (Lipinski definition) is 5. The van der Waals surface area contributed by atoms with Gasteiger partial charge in [0.25, 0.3) is 0 Å². The predicted octanol–water partition coefficient (Wildman–Crippen LogP) is 4.55. The highest BCUT2D eigenvalue weighted by molar-refractivity contribution is 8.93. The zero-order valence-corrected chi connectivity index (χ0v) is 19.5. The molecule has 0 bridgehead atoms. The third-order valence-electron chi connectivity index (χ3n) is 4.99. The van der Waals surface area contributed by atoms with E-state index in [2.05, 4.69) is 28.6 Å². The van der Waals surface area contributed by atoms with E-state index in [4.69, 9.17) is 5.73 Å². The SMILES string of the molecule is Br.CC(C)N1CCN(C(N)Cc2nc3ccc(F)cc3s2)CC1.c1ccccc1. The quantitative estimate of drug-likeness (QED) is 0.594. The molecule has 0 saturated carbocycles. The van der Waals surface area contributed by atoms with Gasteiger partial charge in [-0.3, -0.25) is 9.80 Å². The molecule has 158 valence electrons. The van der Waals surface area contributed by atoms with Crippen molar-refractivity contribution in [3.63, 3.8) is 0 Å². The first-order chi connectivity index (χ1) is 13.5. The van der Waals surface area contributed by atoms with Crippen molar-refractivity contribution in [3.8, 4) is 0 Å². The van der Waals surface area contributed by atoms with Gasteiger partial charge in [-0.15, -0.1) is 28.3 Å². The van der Waals surface area contributed by atoms with E-state index in [1.165, 1.54) is 6.07 Å². The van der Waals surface area contributed by atoms with Crippen molar-refractivity contribution in [2.45, 2.75) is 32.5 Å². The van der Waals surface area contributed by atoms with E-state index < -0.39 is 0 Å². The number of thiazole rings is 1. The second-order valence-electron chi connectivity index (χ2n) is 7.31. The minimum atomic E-state index is -0.211. The molecule has 0 aliphatic carbocycles. The molecule has 1 atom stereocenters. The molecule has 2 N–H and O–H groups in total. The summed E-state index contributed by atoms with van der Waals surface area (Å²) in [6.45, 7) is 8.59. The summed E-state index contributed by atoms with van der Waals surface area (Å²) in [6.07, 6.45) is 0.711. The van der Waals surface area contributed by atoms with Gasteiger partial charge in [-0.25, -0.2) is 9.37 Å². The maximum absolute atomic E-state index is 13.2. The van der Waals surface area contributed by atoms with Crippen molar-refractivity contribution in [2.24, 2.45) is 5.73 Å². The summed E-state index contributed by atoms with van der Waals surface area (Å²) >= 11 is 1.54. The van der Waals surface area contributed by atoms with E-state index in [0.717, 1.165) is 47.8 Å². The van der Waals surface area contributed by atoms with Crippen molar-refractivity contribution < 1.29 is 4.39 Å². The number of aromatic nitrogens is 1. The molecule has 4 nitrogen and oxygen atoms in total. The number of halogens is 2. The number of nitrogens with zero attached hydrogens (tertiary/aromatic N) is 3. The van der Waals surface area contributed by atoms with Crippen LogP contribution in [-0.4, -0.2) is 53.2 Å². The third-order valence-corrected chi connectivity index (χ3v) is 6.03. The Morgan fingerprint density at radius 2 is 1.55 bits per heavy atom. The summed E-state index contributed by atoms with van der Waals surface area (Å²) in [5.41, 5.74) is 7.21. The maximum Gasteiger partial charge on any atom is 0.124 e. The van der Waals surface area contributed by atoms with Crippen molar-refractivity contribution in [1.29, 1.82) is 0 Å². The van der Waals surface area contributed by atoms with Gasteiger partial charge in [-0.2, -0.15) is 0 Å². The number of benzene rings is 2. The van der Waals surface area contributed by atoms with Crippen LogP contribution in [0.1, 0.15) is 18.9 Å². The minimum absolute atomic E-state index is 0. The molecule has 1 saturated heterocycles. The van der Waals surface area contributed by atoms with Crippen molar-refractivity contribution in [2.75, 3.05) is 26.2 Å². The summed E-state index contributed by atoms with van der Waals surface area (Å²) in [4.78, 5) is 9.37. The van der Waals surface area contributed by atoms with Gasteiger partial charge in [0.1, 0.15) is 5.82 Å². The first-order valence-electron chi connectivity index (χ1n) is 9.81. The Morgan fingerprint density at radius 1 is 1.00 bits per heavy atom. The molecule has 29 heavy (non-hydrogen) atoms. The van der Waals surface area contributed by atoms with Gasteiger partial charge in [0.05, 0.1) is 21.4 Å². The van der Waals surface area contributed by atoms with E-state index in [1.54, 1.807) is 23.5 Å². The number of piperazine rings is 1. The highest BCUT2D eigenvalue weighted by atomic mass is 79.9. The van der Waals surface area contributed by atoms with Gasteiger partial charge in [0.15, 0.2) is 0 Å². The lowest BCUT2D eigenvalue weighted by molar-refractivity contribution is 0.0798. The van der Waals surface area contributed by atoms with Crippen LogP contribution in [0.25, 0.3) is 10.2 Å². The molecule has 2 heterocycles. The molecular formula is C22H30BrFN4S. The second-order valence-corrected chi connectivity index (χ2v) is 8.43. The molecule has 4 rings (SSSR count). The van der Waals surface area contributed by atoms with Gasteiger partial charge in [-0.1, -0.05) is 36.4 Å². The molecule has 0 radical (unpaired) electrons. The molecule has 1 fully saturated rings. The van der Waals surface area contributed by atoms with E-state index in [9.17, 15) is 4.39 Å². The molecule has 2 aromatic carbocycles. The second kappa shape index (κ2) is 11.7. The fraction of sp³-hybridized carbons (Fsp3) is 0.409. The zero-order valence-electron chi connectivity index (χ0n) is 17.0. The Kier molecular flexibility index (Phi) is 9.65. The summed E-state index contributed by atoms with van der Waals surface area (Å²) < 4.78 is 14.1. The van der Waals surface area contributed by atoms with Crippen LogP contribution in [0.4, 0.5) is 4.39 Å². The van der Waals surface area contributed by atoms with Gasteiger partial charge >= 0.3 is 0 Å². The molecule has 1 aliphatic heterocycles. The minimum Gasteiger partial charge on any atom is -0.315 e. The molecule has 1 aromatic heterocycles. The van der Waals surface area contributed by atoms with E-state index in [-0.39, 0.29) is 29.0 Å². The molecule has 3 aromatic rings. The fourth-order valence-electron chi connectivity index (χ4n) is 3.31. The molecule has 0 spiro atoms. The Hall–Kier alpha value is -1.38. The Balaban J connectivity index is 0.000000369. The molecule has 1 aliphatic rings. The zero-order chi connectivity index (χ0) is 19.9. The van der Waals surface area contributed by atoms with Crippen LogP contribution in [0.2, 0.25) is 0 Å². The third kappa shape index (κ3) is 7.12. The van der Waals surface area contributed by atoms with Crippen molar-refractivity contribution >= 4 is 38.5 Å². The Bertz CT molecular complexity index is 824. The summed E-state index contributed by atoms with van der Waals surface area (Å²) in [6, 6.07) is 17.3. The Labute approximate surface area is 187 Å². The lowest BCUT2D eigenvalue weighted by Crippen LogP contribution is -2.55. The largest absolute Gasteiger partial charge is 0.315 e. The normalized spacial score (nSPS) is 16.2. The Morgan fingerprint density at radius 3 is 2.10 bits per heavy atom. The average molecular weight is 481 g/mol. The summed E-state index contributed by atoms with van der Waals surface area (Å²) in [5, 5.41) is 0.986. The lowest BCUT2D eigenvalue weighted by Gasteiger charge is -2.39. The van der Waals surface area contributed by atoms with E-state index in [0.29, 0.717) is 6.04 Å². The van der Waals surface area contributed by atoms with Gasteiger partial charge in [-0.05, 0) is 32.0 Å². The molecule has 7 heteroatoms. The van der Waals surface area contributed by atoms with Crippen LogP contribution in [0.3, 0.4) is 0 Å². The molecule has 1 unspecified atom stereocenters. The van der Waals surface area contributed by atoms with Crippen molar-refractivity contribution in [1.82, 2.24) is 14.8 Å². The monoisotopic (exact) mass is 480 g/mol. The number of hydrogen-bond donors (Lipinski definition) is 1. The van der Waals surface area contributed by atoms with Crippen LogP contribution in [-0.2, 0) is 6.42 Å². The van der Waals surface area contributed by atoms with Gasteiger partial charge in [0, 0.05) is 38.6 Å². The molecular weight excluding hydrogens is 451 g/mol. The highest BCUT2D eigenvalue weighted by Crippen LogP contribution is 2.24. The summed E-state index contributed by atoms with van der Waals surface area (Å²) in [5.74, 6) is -0.211. The van der Waals surface area contributed by atoms with E-state index >= 15 is 0 Å². The highest BCUT2D eigenvalue weighted by Gasteiger charge is 2.23. The van der Waals surface area contributed by atoms with Gasteiger partial charge in [0.2, 0.25) is 0 Å². The van der Waals surface area contributed by atoms with Crippen LogP contribution < -0.4 is 5.73 Å². The maximum atomic E-state index is 13.2. The van der Waals surface area contributed by atoms with E-state index in [1.807, 2.05) is 36.4 Å². The summed E-state index contributed by atoms with van der Waals surface area (Å²) in [7, 11) is 0. The van der Waals surface area contributed by atoms with Gasteiger partial charge < -0.3 is 5.73 Å². The fourth-order valence-corrected chi connectivity index (χ4v) is 4.35. The van der Waals surface area contributed by atoms with Crippen LogP contribution in [0, 0.1) is 5.82 Å². The van der Waals surface area contributed by atoms with Crippen molar-refractivity contribution in [3.05, 3.63) is 65.4 Å². The van der Waals surface area contributed by atoms with Crippen LogP contribution >= 0.6 is 28.3 Å². The first kappa shape index (κ1) is 23.9. The number of fused-ring (bicyclic) bond motifs is 1. The first-order valence-corrected chi connectivity index (χ1v) is 10.6.